The molecule has 0 fully saturated rings. The number of halogens is 1. The fourth-order valence-corrected chi connectivity index (χ4v) is 2.49. The number of benzene rings is 1. The van der Waals surface area contributed by atoms with Crippen molar-refractivity contribution in [3.63, 3.8) is 0 Å². The van der Waals surface area contributed by atoms with E-state index in [9.17, 15) is 4.39 Å². The fourth-order valence-electron chi connectivity index (χ4n) is 2.49. The Morgan fingerprint density at radius 2 is 1.84 bits per heavy atom. The molecule has 1 rings (SSSR count). The average molecular weight is 267 g/mol. The Hall–Kier alpha value is -1.09. The van der Waals surface area contributed by atoms with Crippen molar-refractivity contribution in [2.75, 3.05) is 7.11 Å². The van der Waals surface area contributed by atoms with E-state index in [0.29, 0.717) is 6.04 Å². The quantitative estimate of drug-likeness (QED) is 0.751. The van der Waals surface area contributed by atoms with Crippen LogP contribution in [0.1, 0.15) is 58.1 Å². The summed E-state index contributed by atoms with van der Waals surface area (Å²) < 4.78 is 18.7. The molecule has 0 aliphatic heterocycles. The van der Waals surface area contributed by atoms with Gasteiger partial charge in [-0.1, -0.05) is 26.7 Å². The highest BCUT2D eigenvalue weighted by Gasteiger charge is 2.16. The lowest BCUT2D eigenvalue weighted by Crippen LogP contribution is -2.31. The Balaban J connectivity index is 2.80. The molecule has 1 aromatic carbocycles. The van der Waals surface area contributed by atoms with Crippen LogP contribution in [0.5, 0.6) is 5.75 Å². The minimum atomic E-state index is -0.216. The van der Waals surface area contributed by atoms with Crippen LogP contribution in [0, 0.1) is 5.82 Å². The number of hydrogen-bond donors (Lipinski definition) is 1. The standard InChI is InChI=1S/C16H26FNO/c1-5-7-14(8-6-2)18-12(3)15-11-13(17)9-10-16(15)19-4/h9-12,14,18H,5-8H2,1-4H3. The molecular weight excluding hydrogens is 241 g/mol. The van der Waals surface area contributed by atoms with Crippen molar-refractivity contribution in [1.82, 2.24) is 5.32 Å². The second kappa shape index (κ2) is 8.16. The van der Waals surface area contributed by atoms with Crippen molar-refractivity contribution in [3.8, 4) is 5.75 Å². The van der Waals surface area contributed by atoms with E-state index in [1.807, 2.05) is 0 Å². The Kier molecular flexibility index (Phi) is 6.85. The number of hydrogen-bond acceptors (Lipinski definition) is 2. The second-order valence-electron chi connectivity index (χ2n) is 5.05. The maximum absolute atomic E-state index is 13.4. The predicted molar refractivity (Wildman–Crippen MR) is 78.1 cm³/mol. The molecule has 0 aliphatic rings. The average Bonchev–Trinajstić information content (AvgIpc) is 2.39. The molecule has 1 atom stereocenters. The van der Waals surface area contributed by atoms with E-state index in [-0.39, 0.29) is 11.9 Å². The fraction of sp³-hybridized carbons (Fsp3) is 0.625. The summed E-state index contributed by atoms with van der Waals surface area (Å²) >= 11 is 0. The number of nitrogens with one attached hydrogen (secondary N) is 1. The lowest BCUT2D eigenvalue weighted by atomic mass is 10.0. The molecule has 0 radical (unpaired) electrons. The summed E-state index contributed by atoms with van der Waals surface area (Å²) in [6, 6.07) is 5.26. The van der Waals surface area contributed by atoms with Crippen LogP contribution in [0.25, 0.3) is 0 Å². The van der Waals surface area contributed by atoms with Crippen LogP contribution < -0.4 is 10.1 Å². The van der Waals surface area contributed by atoms with Crippen LogP contribution in [0.4, 0.5) is 4.39 Å². The summed E-state index contributed by atoms with van der Waals surface area (Å²) in [5.74, 6) is 0.528. The SMILES string of the molecule is CCCC(CCC)NC(C)c1cc(F)ccc1OC. The summed E-state index contributed by atoms with van der Waals surface area (Å²) in [4.78, 5) is 0. The first-order chi connectivity index (χ1) is 9.12. The first-order valence-corrected chi connectivity index (χ1v) is 7.21. The van der Waals surface area contributed by atoms with Crippen molar-refractivity contribution in [1.29, 1.82) is 0 Å². The van der Waals surface area contributed by atoms with Crippen molar-refractivity contribution < 1.29 is 9.13 Å². The van der Waals surface area contributed by atoms with Gasteiger partial charge in [0, 0.05) is 17.6 Å². The van der Waals surface area contributed by atoms with Gasteiger partial charge in [-0.15, -0.1) is 0 Å². The van der Waals surface area contributed by atoms with Gasteiger partial charge in [0.15, 0.2) is 0 Å². The van der Waals surface area contributed by atoms with Gasteiger partial charge in [-0.25, -0.2) is 4.39 Å². The molecule has 0 saturated carbocycles. The van der Waals surface area contributed by atoms with E-state index in [0.717, 1.165) is 37.0 Å². The van der Waals surface area contributed by atoms with Crippen LogP contribution in [0.2, 0.25) is 0 Å². The van der Waals surface area contributed by atoms with Gasteiger partial charge in [0.1, 0.15) is 11.6 Å². The highest BCUT2D eigenvalue weighted by Crippen LogP contribution is 2.26. The Morgan fingerprint density at radius 1 is 1.21 bits per heavy atom. The summed E-state index contributed by atoms with van der Waals surface area (Å²) in [7, 11) is 1.62. The maximum atomic E-state index is 13.4. The van der Waals surface area contributed by atoms with E-state index in [1.165, 1.54) is 6.07 Å². The van der Waals surface area contributed by atoms with E-state index in [1.54, 1.807) is 19.2 Å². The van der Waals surface area contributed by atoms with Crippen LogP contribution >= 0.6 is 0 Å². The van der Waals surface area contributed by atoms with Gasteiger partial charge in [-0.3, -0.25) is 0 Å². The van der Waals surface area contributed by atoms with Crippen LogP contribution in [-0.2, 0) is 0 Å². The summed E-state index contributed by atoms with van der Waals surface area (Å²) in [5.41, 5.74) is 0.889. The molecule has 3 heteroatoms. The second-order valence-corrected chi connectivity index (χ2v) is 5.05. The number of rotatable bonds is 8. The Bertz CT molecular complexity index is 375. The van der Waals surface area contributed by atoms with E-state index < -0.39 is 0 Å². The third-order valence-electron chi connectivity index (χ3n) is 3.42. The van der Waals surface area contributed by atoms with Gasteiger partial charge in [0.25, 0.3) is 0 Å². The van der Waals surface area contributed by atoms with E-state index in [2.05, 4.69) is 26.1 Å². The van der Waals surface area contributed by atoms with Crippen molar-refractivity contribution in [3.05, 3.63) is 29.6 Å². The third-order valence-corrected chi connectivity index (χ3v) is 3.42. The smallest absolute Gasteiger partial charge is 0.123 e. The molecule has 1 N–H and O–H groups in total. The predicted octanol–water partition coefficient (Wildman–Crippen LogP) is 4.45. The van der Waals surface area contributed by atoms with Gasteiger partial charge in [-0.05, 0) is 38.0 Å². The minimum absolute atomic E-state index is 0.0914. The first kappa shape index (κ1) is 16.0. The van der Waals surface area contributed by atoms with Crippen molar-refractivity contribution >= 4 is 0 Å². The zero-order chi connectivity index (χ0) is 14.3. The molecule has 0 saturated heterocycles. The van der Waals surface area contributed by atoms with Gasteiger partial charge < -0.3 is 10.1 Å². The van der Waals surface area contributed by atoms with Crippen LogP contribution in [0.15, 0.2) is 18.2 Å². The van der Waals surface area contributed by atoms with E-state index >= 15 is 0 Å². The van der Waals surface area contributed by atoms with Gasteiger partial charge in [-0.2, -0.15) is 0 Å². The van der Waals surface area contributed by atoms with Crippen LogP contribution in [0.3, 0.4) is 0 Å². The maximum Gasteiger partial charge on any atom is 0.123 e. The Labute approximate surface area is 116 Å². The molecule has 0 amide bonds. The Morgan fingerprint density at radius 3 is 2.37 bits per heavy atom. The summed E-state index contributed by atoms with van der Waals surface area (Å²) in [5, 5.41) is 3.59. The number of ether oxygens (including phenoxy) is 1. The molecule has 108 valence electrons. The monoisotopic (exact) mass is 267 g/mol. The molecule has 0 heterocycles. The highest BCUT2D eigenvalue weighted by atomic mass is 19.1. The first-order valence-electron chi connectivity index (χ1n) is 7.21. The highest BCUT2D eigenvalue weighted by molar-refractivity contribution is 5.36. The molecule has 19 heavy (non-hydrogen) atoms. The molecule has 0 spiro atoms. The third kappa shape index (κ3) is 4.83. The summed E-state index contributed by atoms with van der Waals surface area (Å²) in [6.07, 6.45) is 4.61. The zero-order valence-electron chi connectivity index (χ0n) is 12.5. The van der Waals surface area contributed by atoms with Crippen molar-refractivity contribution in [2.24, 2.45) is 0 Å². The minimum Gasteiger partial charge on any atom is -0.496 e. The van der Waals surface area contributed by atoms with Crippen molar-refractivity contribution in [2.45, 2.75) is 58.5 Å². The molecule has 0 aliphatic carbocycles. The van der Waals surface area contributed by atoms with Gasteiger partial charge in [0.2, 0.25) is 0 Å². The molecular formula is C16H26FNO. The zero-order valence-corrected chi connectivity index (χ0v) is 12.5. The topological polar surface area (TPSA) is 21.3 Å². The lowest BCUT2D eigenvalue weighted by molar-refractivity contribution is 0.375. The molecule has 0 aromatic heterocycles. The largest absolute Gasteiger partial charge is 0.496 e. The normalized spacial score (nSPS) is 12.7. The molecule has 1 unspecified atom stereocenters. The van der Waals surface area contributed by atoms with Crippen LogP contribution in [-0.4, -0.2) is 13.2 Å². The van der Waals surface area contributed by atoms with Gasteiger partial charge in [0.05, 0.1) is 7.11 Å². The van der Waals surface area contributed by atoms with E-state index in [4.69, 9.17) is 4.74 Å². The van der Waals surface area contributed by atoms with Gasteiger partial charge >= 0.3 is 0 Å². The molecule has 0 bridgehead atoms. The summed E-state index contributed by atoms with van der Waals surface area (Å²) in [6.45, 7) is 6.45. The molecule has 1 aromatic rings. The molecule has 2 nitrogen and oxygen atoms in total. The number of methoxy groups -OCH3 is 1. The lowest BCUT2D eigenvalue weighted by Gasteiger charge is -2.24.